The fourth-order valence-corrected chi connectivity index (χ4v) is 8.69. The second kappa shape index (κ2) is 10.00. The number of rotatable bonds is 2. The van der Waals surface area contributed by atoms with Gasteiger partial charge in [-0.05, 0) is 70.1 Å². The number of halogens is 7. The molecule has 2 aliphatic carbocycles. The van der Waals surface area contributed by atoms with E-state index in [2.05, 4.69) is 0 Å². The van der Waals surface area contributed by atoms with E-state index in [1.54, 1.807) is 40.7 Å². The number of allylic oxidation sites excluding steroid dienone is 2. The summed E-state index contributed by atoms with van der Waals surface area (Å²) in [6.45, 7) is 8.13. The van der Waals surface area contributed by atoms with Gasteiger partial charge in [-0.25, -0.2) is 26.9 Å². The molecule has 2 heterocycles. The van der Waals surface area contributed by atoms with E-state index < -0.39 is 104 Å². The van der Waals surface area contributed by atoms with Crippen molar-refractivity contribution in [2.45, 2.75) is 68.7 Å². The third-order valence-corrected chi connectivity index (χ3v) is 11.2. The van der Waals surface area contributed by atoms with Crippen LogP contribution in [-0.4, -0.2) is 48.9 Å². The third-order valence-electron chi connectivity index (χ3n) is 9.74. The zero-order valence-corrected chi connectivity index (χ0v) is 26.6. The van der Waals surface area contributed by atoms with Crippen LogP contribution in [0, 0.1) is 60.7 Å². The zero-order valence-electron chi connectivity index (χ0n) is 25.1. The highest BCUT2D eigenvalue weighted by Gasteiger charge is 2.77. The summed E-state index contributed by atoms with van der Waals surface area (Å²) in [5, 5.41) is 10.5. The molecule has 0 aromatic heterocycles. The normalized spacial score (nSPS) is 30.9. The molecule has 3 fully saturated rings. The molecule has 4 aliphatic rings. The number of aryl methyl sites for hydroxylation is 2. The number of phenolic OH excluding ortho intramolecular Hbond substituents is 1. The molecule has 2 aliphatic heterocycles. The van der Waals surface area contributed by atoms with Crippen LogP contribution in [-0.2, 0) is 19.2 Å². The first kappa shape index (κ1) is 32.4. The molecule has 2 saturated heterocycles. The highest BCUT2D eigenvalue weighted by atomic mass is 35.5. The van der Waals surface area contributed by atoms with Crippen LogP contribution in [0.2, 0.25) is 0 Å². The second-order valence-corrected chi connectivity index (χ2v) is 14.6. The van der Waals surface area contributed by atoms with Crippen LogP contribution < -0.4 is 4.90 Å². The Balaban J connectivity index is 1.62. The average Bonchev–Trinajstić information content (AvgIpc) is 3.32. The molecule has 14 heteroatoms. The van der Waals surface area contributed by atoms with Crippen molar-refractivity contribution in [2.24, 2.45) is 17.8 Å². The summed E-state index contributed by atoms with van der Waals surface area (Å²) in [6, 6.07) is 2.93. The van der Waals surface area contributed by atoms with Crippen LogP contribution >= 0.6 is 23.2 Å². The van der Waals surface area contributed by atoms with Gasteiger partial charge in [0.25, 0.3) is 11.8 Å². The van der Waals surface area contributed by atoms with Gasteiger partial charge >= 0.3 is 0 Å². The number of fused-ring (bicyclic) bond motifs is 4. The number of hydrogen-bond donors (Lipinski definition) is 1. The number of imide groups is 2. The largest absolute Gasteiger partial charge is 0.507 e. The van der Waals surface area contributed by atoms with Gasteiger partial charge in [-0.15, -0.1) is 23.2 Å². The SMILES string of the molecule is Cc1cc([C@H]2C3=CC[C@@H]4C(=O)N(C(C)(C)C)C(=O)[C@@H]4[C@@H]3C[C@@]3(Cl)C(=O)N(c4c(F)c(F)c(F)c(F)c4F)C(=O)[C@@]23Cl)cc(C)c1O. The summed E-state index contributed by atoms with van der Waals surface area (Å²) < 4.78 is 73.0. The smallest absolute Gasteiger partial charge is 0.258 e. The molecule has 0 unspecified atom stereocenters. The Morgan fingerprint density at radius 3 is 1.87 bits per heavy atom. The first-order chi connectivity index (χ1) is 21.2. The molecular weight excluding hydrogens is 658 g/mol. The molecule has 0 radical (unpaired) electrons. The van der Waals surface area contributed by atoms with E-state index in [0.29, 0.717) is 16.7 Å². The highest BCUT2D eigenvalue weighted by Crippen LogP contribution is 2.66. The lowest BCUT2D eigenvalue weighted by molar-refractivity contribution is -0.145. The molecule has 6 atom stereocenters. The summed E-state index contributed by atoms with van der Waals surface area (Å²) in [5.74, 6) is -20.7. The summed E-state index contributed by atoms with van der Waals surface area (Å²) in [6.07, 6.45) is 1.10. The number of carbonyl (C=O) groups is 4. The number of alkyl halides is 2. The molecule has 2 aromatic rings. The summed E-state index contributed by atoms with van der Waals surface area (Å²) in [4.78, 5) is 51.7. The minimum atomic E-state index is -2.62. The van der Waals surface area contributed by atoms with Gasteiger partial charge in [0.2, 0.25) is 17.6 Å². The maximum Gasteiger partial charge on any atom is 0.258 e. The van der Waals surface area contributed by atoms with Gasteiger partial charge in [-0.3, -0.25) is 24.1 Å². The number of amides is 4. The van der Waals surface area contributed by atoms with E-state index in [-0.39, 0.29) is 22.6 Å². The van der Waals surface area contributed by atoms with Crippen molar-refractivity contribution in [3.8, 4) is 5.75 Å². The van der Waals surface area contributed by atoms with Gasteiger partial charge in [0, 0.05) is 11.5 Å². The van der Waals surface area contributed by atoms with Gasteiger partial charge in [0.15, 0.2) is 33.0 Å². The number of nitrogens with zero attached hydrogens (tertiary/aromatic N) is 2. The van der Waals surface area contributed by atoms with E-state index >= 15 is 8.78 Å². The van der Waals surface area contributed by atoms with Gasteiger partial charge in [-0.1, -0.05) is 23.8 Å². The van der Waals surface area contributed by atoms with Crippen molar-refractivity contribution in [1.29, 1.82) is 0 Å². The van der Waals surface area contributed by atoms with Crippen LogP contribution in [0.1, 0.15) is 56.2 Å². The van der Waals surface area contributed by atoms with Gasteiger partial charge in [0.1, 0.15) is 11.4 Å². The molecule has 0 bridgehead atoms. The number of carbonyl (C=O) groups excluding carboxylic acids is 4. The lowest BCUT2D eigenvalue weighted by Gasteiger charge is -2.51. The minimum Gasteiger partial charge on any atom is -0.507 e. The van der Waals surface area contributed by atoms with Crippen molar-refractivity contribution >= 4 is 52.5 Å². The van der Waals surface area contributed by atoms with E-state index in [4.69, 9.17) is 23.2 Å². The Labute approximate surface area is 269 Å². The van der Waals surface area contributed by atoms with E-state index in [1.165, 1.54) is 12.1 Å². The summed E-state index contributed by atoms with van der Waals surface area (Å²) >= 11 is 14.2. The molecule has 244 valence electrons. The van der Waals surface area contributed by atoms with Gasteiger partial charge in [0.05, 0.1) is 11.8 Å². The quantitative estimate of drug-likeness (QED) is 0.104. The van der Waals surface area contributed by atoms with E-state index in [0.717, 1.165) is 4.90 Å². The lowest BCUT2D eigenvalue weighted by atomic mass is 9.56. The van der Waals surface area contributed by atoms with Crippen molar-refractivity contribution in [3.05, 3.63) is 69.6 Å². The Morgan fingerprint density at radius 1 is 0.826 bits per heavy atom. The molecule has 1 N–H and O–H groups in total. The van der Waals surface area contributed by atoms with Crippen molar-refractivity contribution in [1.82, 2.24) is 4.90 Å². The zero-order chi connectivity index (χ0) is 34.2. The number of aromatic hydroxyl groups is 1. The third kappa shape index (κ3) is 3.88. The van der Waals surface area contributed by atoms with Crippen LogP contribution in [0.3, 0.4) is 0 Å². The molecule has 2 aromatic carbocycles. The predicted molar refractivity (Wildman–Crippen MR) is 156 cm³/mol. The molecule has 0 spiro atoms. The first-order valence-corrected chi connectivity index (χ1v) is 15.1. The molecule has 4 amide bonds. The fraction of sp³-hybridized carbons (Fsp3) is 0.438. The average molecular weight is 685 g/mol. The fourth-order valence-electron chi connectivity index (χ4n) is 7.76. The van der Waals surface area contributed by atoms with Gasteiger partial charge in [-0.2, -0.15) is 0 Å². The van der Waals surface area contributed by atoms with Crippen molar-refractivity contribution in [3.63, 3.8) is 0 Å². The molecule has 1 saturated carbocycles. The van der Waals surface area contributed by atoms with E-state index in [1.807, 2.05) is 0 Å². The molecule has 6 rings (SSSR count). The Kier molecular flexibility index (Phi) is 7.05. The lowest BCUT2D eigenvalue weighted by Crippen LogP contribution is -2.60. The molecular formula is C32H27Cl2F5N2O5. The van der Waals surface area contributed by atoms with E-state index in [9.17, 15) is 37.5 Å². The van der Waals surface area contributed by atoms with Crippen LogP contribution in [0.15, 0.2) is 23.8 Å². The standard InChI is InChI=1S/C32H27Cl2F5N2O5/c1-11-8-13(9-12(2)25(11)42)18-14-6-7-15-17(27(44)41(26(15)43)30(3,4)5)16(14)10-31(33)28(45)40(29(46)32(18,31)34)24-22(38)20(36)19(35)21(37)23(24)39/h6,8-9,15-18,42H,7,10H2,1-5H3/t15-,16+,17-,18-,31+,32-/m0/s1. The Bertz CT molecular complexity index is 1790. The van der Waals surface area contributed by atoms with Crippen molar-refractivity contribution in [2.75, 3.05) is 4.90 Å². The summed E-state index contributed by atoms with van der Waals surface area (Å²) in [7, 11) is 0. The summed E-state index contributed by atoms with van der Waals surface area (Å²) in [5.41, 5.74) is -1.53. The monoisotopic (exact) mass is 684 g/mol. The topological polar surface area (TPSA) is 95.0 Å². The first-order valence-electron chi connectivity index (χ1n) is 14.4. The van der Waals surface area contributed by atoms with Crippen molar-refractivity contribution < 1.29 is 46.2 Å². The maximum atomic E-state index is 15.1. The Hall–Kier alpha value is -3.51. The minimum absolute atomic E-state index is 0.0476. The Morgan fingerprint density at radius 2 is 1.35 bits per heavy atom. The number of benzene rings is 2. The predicted octanol–water partition coefficient (Wildman–Crippen LogP) is 6.07. The number of hydrogen-bond acceptors (Lipinski definition) is 5. The van der Waals surface area contributed by atoms with Crippen LogP contribution in [0.25, 0.3) is 0 Å². The molecule has 7 nitrogen and oxygen atoms in total. The van der Waals surface area contributed by atoms with Gasteiger partial charge < -0.3 is 5.11 Å². The highest BCUT2D eigenvalue weighted by molar-refractivity contribution is 6.58. The second-order valence-electron chi connectivity index (χ2n) is 13.4. The number of likely N-dealkylation sites (tertiary alicyclic amines) is 1. The number of phenols is 1. The van der Waals surface area contributed by atoms with Crippen LogP contribution in [0.5, 0.6) is 5.75 Å². The maximum absolute atomic E-state index is 15.1. The van der Waals surface area contributed by atoms with Crippen LogP contribution in [0.4, 0.5) is 27.6 Å². The number of anilines is 1. The molecule has 46 heavy (non-hydrogen) atoms.